The second-order valence-electron chi connectivity index (χ2n) is 4.78. The van der Waals surface area contributed by atoms with Crippen molar-refractivity contribution in [2.45, 2.75) is 43.5 Å². The normalized spacial score (nSPS) is 15.3. The van der Waals surface area contributed by atoms with Crippen molar-refractivity contribution in [2.75, 3.05) is 7.11 Å². The van der Waals surface area contributed by atoms with E-state index in [-0.39, 0.29) is 16.7 Å². The molecule has 2 aromatic rings. The first-order chi connectivity index (χ1) is 10.3. The van der Waals surface area contributed by atoms with Gasteiger partial charge in [-0.05, 0) is 25.5 Å². The molecular weight excluding hydrogens is 344 g/mol. The van der Waals surface area contributed by atoms with E-state index >= 15 is 0 Å². The van der Waals surface area contributed by atoms with Gasteiger partial charge in [-0.3, -0.25) is 5.32 Å². The Labute approximate surface area is 138 Å². The third-order valence-electron chi connectivity index (χ3n) is 3.09. The summed E-state index contributed by atoms with van der Waals surface area (Å²) in [7, 11) is -2.01. The minimum Gasteiger partial charge on any atom is -0.356 e. The lowest BCUT2D eigenvalue weighted by molar-refractivity contribution is -0.153. The zero-order chi connectivity index (χ0) is 16.3. The fraction of sp³-hybridized carbons (Fsp3) is 0.538. The molecule has 0 fully saturated rings. The number of nitrogens with two attached hydrogens (primary N) is 1. The summed E-state index contributed by atoms with van der Waals surface area (Å²) in [6.07, 6.45) is 0.472. The second kappa shape index (κ2) is 7.35. The number of fused-ring (bicyclic) bond motifs is 1. The predicted molar refractivity (Wildman–Crippen MR) is 89.5 cm³/mol. The van der Waals surface area contributed by atoms with Crippen molar-refractivity contribution < 1.29 is 17.9 Å². The molecule has 0 radical (unpaired) electrons. The van der Waals surface area contributed by atoms with Crippen LogP contribution < -0.4 is 10.5 Å². The number of hydrogen-bond acceptors (Lipinski definition) is 7. The number of sulfonamides is 1. The Morgan fingerprint density at radius 1 is 1.36 bits per heavy atom. The van der Waals surface area contributed by atoms with Crippen molar-refractivity contribution in [2.24, 2.45) is 5.14 Å². The van der Waals surface area contributed by atoms with E-state index in [1.807, 2.05) is 19.9 Å². The van der Waals surface area contributed by atoms with Crippen LogP contribution in [-0.4, -0.2) is 28.0 Å². The van der Waals surface area contributed by atoms with Gasteiger partial charge in [-0.1, -0.05) is 6.92 Å². The van der Waals surface area contributed by atoms with Crippen LogP contribution in [0.5, 0.6) is 0 Å². The van der Waals surface area contributed by atoms with E-state index in [1.165, 1.54) is 11.3 Å². The van der Waals surface area contributed by atoms with Crippen LogP contribution in [0.2, 0.25) is 0 Å². The maximum absolute atomic E-state index is 11.3. The van der Waals surface area contributed by atoms with Gasteiger partial charge >= 0.3 is 0 Å². The Morgan fingerprint density at radius 3 is 2.64 bits per heavy atom. The van der Waals surface area contributed by atoms with Crippen LogP contribution in [0.4, 0.5) is 0 Å². The summed E-state index contributed by atoms with van der Waals surface area (Å²) >= 11 is 2.77. The quantitative estimate of drug-likeness (QED) is 0.702. The third-order valence-corrected chi connectivity index (χ3v) is 6.90. The van der Waals surface area contributed by atoms with E-state index < -0.39 is 10.0 Å². The van der Waals surface area contributed by atoms with E-state index in [9.17, 15) is 8.42 Å². The highest BCUT2D eigenvalue weighted by molar-refractivity contribution is 7.91. The highest BCUT2D eigenvalue weighted by Gasteiger charge is 2.15. The summed E-state index contributed by atoms with van der Waals surface area (Å²) in [6.45, 7) is 4.54. The molecule has 6 nitrogen and oxygen atoms in total. The Hall–Kier alpha value is -0.550. The molecule has 3 N–H and O–H groups in total. The molecule has 2 unspecified atom stereocenters. The molecule has 0 saturated carbocycles. The minimum absolute atomic E-state index is 0.0879. The molecule has 0 saturated heterocycles. The molecule has 124 valence electrons. The van der Waals surface area contributed by atoms with E-state index in [0.29, 0.717) is 6.54 Å². The average molecular weight is 365 g/mol. The molecule has 2 atom stereocenters. The number of nitrogens with one attached hydrogen (secondary N) is 1. The highest BCUT2D eigenvalue weighted by atomic mass is 32.2. The molecule has 0 bridgehead atoms. The molecule has 0 aromatic carbocycles. The van der Waals surface area contributed by atoms with Crippen LogP contribution in [-0.2, 0) is 26.0 Å². The first-order valence-corrected chi connectivity index (χ1v) is 9.98. The lowest BCUT2D eigenvalue weighted by atomic mass is 10.3. The summed E-state index contributed by atoms with van der Waals surface area (Å²) in [4.78, 5) is 1.12. The maximum Gasteiger partial charge on any atom is 0.247 e. The molecule has 9 heteroatoms. The molecule has 2 aromatic heterocycles. The zero-order valence-electron chi connectivity index (χ0n) is 12.7. The van der Waals surface area contributed by atoms with Crippen LogP contribution >= 0.6 is 22.7 Å². The minimum atomic E-state index is -3.62. The molecule has 0 aliphatic rings. The average Bonchev–Trinajstić information content (AvgIpc) is 3.00. The smallest absolute Gasteiger partial charge is 0.247 e. The van der Waals surface area contributed by atoms with Crippen molar-refractivity contribution in [1.82, 2.24) is 5.32 Å². The Bertz CT molecular complexity index is 691. The number of primary sulfonamides is 1. The number of ether oxygens (including phenoxy) is 2. The van der Waals surface area contributed by atoms with Crippen LogP contribution in [0.1, 0.15) is 25.1 Å². The molecule has 0 aliphatic heterocycles. The Morgan fingerprint density at radius 2 is 2.09 bits per heavy atom. The van der Waals surface area contributed by atoms with Crippen molar-refractivity contribution in [3.05, 3.63) is 17.0 Å². The van der Waals surface area contributed by atoms with Crippen molar-refractivity contribution >= 4 is 42.1 Å². The van der Waals surface area contributed by atoms with E-state index in [4.69, 9.17) is 14.6 Å². The van der Waals surface area contributed by atoms with Gasteiger partial charge in [-0.15, -0.1) is 22.7 Å². The summed E-state index contributed by atoms with van der Waals surface area (Å²) in [5.74, 6) is 0. The molecule has 22 heavy (non-hydrogen) atoms. The topological polar surface area (TPSA) is 90.7 Å². The largest absolute Gasteiger partial charge is 0.356 e. The Balaban J connectivity index is 2.01. The van der Waals surface area contributed by atoms with Gasteiger partial charge in [-0.2, -0.15) is 0 Å². The molecule has 0 spiro atoms. The number of rotatable bonds is 8. The number of thiophene rings is 2. The lowest BCUT2D eigenvalue weighted by Gasteiger charge is -2.21. The van der Waals surface area contributed by atoms with Gasteiger partial charge < -0.3 is 9.47 Å². The summed E-state index contributed by atoms with van der Waals surface area (Å²) in [6, 6.07) is 3.60. The second-order valence-corrected chi connectivity index (χ2v) is 9.02. The molecule has 0 amide bonds. The van der Waals surface area contributed by atoms with E-state index in [2.05, 4.69) is 5.32 Å². The van der Waals surface area contributed by atoms with E-state index in [1.54, 1.807) is 24.5 Å². The van der Waals surface area contributed by atoms with Gasteiger partial charge in [0.2, 0.25) is 10.0 Å². The van der Waals surface area contributed by atoms with Gasteiger partial charge in [0.15, 0.2) is 6.29 Å². The highest BCUT2D eigenvalue weighted by Crippen LogP contribution is 2.35. The zero-order valence-corrected chi connectivity index (χ0v) is 15.1. The molecule has 0 aliphatic carbocycles. The van der Waals surface area contributed by atoms with Crippen molar-refractivity contribution in [1.29, 1.82) is 0 Å². The molecular formula is C13H20N2O4S3. The van der Waals surface area contributed by atoms with Gasteiger partial charge in [0.05, 0.1) is 4.01 Å². The lowest BCUT2D eigenvalue weighted by Crippen LogP contribution is -2.34. The summed E-state index contributed by atoms with van der Waals surface area (Å²) < 4.78 is 34.6. The van der Waals surface area contributed by atoms with Crippen LogP contribution in [0.3, 0.4) is 0 Å². The predicted octanol–water partition coefficient (Wildman–Crippen LogP) is 2.44. The number of hydrogen-bond donors (Lipinski definition) is 2. The third kappa shape index (κ3) is 4.48. The number of methoxy groups -OCH3 is 1. The molecule has 2 heterocycles. The van der Waals surface area contributed by atoms with Gasteiger partial charge in [-0.25, -0.2) is 13.6 Å². The maximum atomic E-state index is 11.3. The van der Waals surface area contributed by atoms with Gasteiger partial charge in [0, 0.05) is 23.9 Å². The van der Waals surface area contributed by atoms with E-state index in [0.717, 1.165) is 20.7 Å². The van der Waals surface area contributed by atoms with Crippen molar-refractivity contribution in [3.63, 3.8) is 0 Å². The summed E-state index contributed by atoms with van der Waals surface area (Å²) in [5.41, 5.74) is 0. The van der Waals surface area contributed by atoms with Gasteiger partial charge in [0.1, 0.15) is 10.4 Å². The monoisotopic (exact) mass is 364 g/mol. The van der Waals surface area contributed by atoms with Crippen LogP contribution in [0.25, 0.3) is 9.40 Å². The first-order valence-electron chi connectivity index (χ1n) is 6.80. The van der Waals surface area contributed by atoms with Crippen LogP contribution in [0, 0.1) is 0 Å². The Kier molecular flexibility index (Phi) is 5.94. The fourth-order valence-electron chi connectivity index (χ4n) is 1.89. The first kappa shape index (κ1) is 17.8. The molecule has 2 rings (SSSR count). The fourth-order valence-corrected chi connectivity index (χ4v) is 5.23. The summed E-state index contributed by atoms with van der Waals surface area (Å²) in [5, 5.41) is 9.37. The van der Waals surface area contributed by atoms with Crippen molar-refractivity contribution in [3.8, 4) is 0 Å². The standard InChI is InChI=1S/C13H20N2O4S3/c1-4-11(19-8(2)18-3)15-7-10-5-9-6-12(22(14,16)17)21-13(9)20-10/h5-6,8,11,15H,4,7H2,1-3H3,(H2,14,16,17). The van der Waals surface area contributed by atoms with Crippen LogP contribution in [0.15, 0.2) is 16.3 Å². The van der Waals surface area contributed by atoms with Gasteiger partial charge in [0.25, 0.3) is 0 Å². The SMILES string of the molecule is CCC(NCc1cc2cc(S(N)(=O)=O)sc2s1)OC(C)OC.